The van der Waals surface area contributed by atoms with E-state index in [4.69, 9.17) is 9.47 Å². The molecule has 3 heteroatoms. The van der Waals surface area contributed by atoms with Crippen molar-refractivity contribution >= 4 is 5.78 Å². The second-order valence-corrected chi connectivity index (χ2v) is 6.67. The molecule has 0 saturated carbocycles. The molecule has 0 bridgehead atoms. The van der Waals surface area contributed by atoms with Gasteiger partial charge in [0.1, 0.15) is 0 Å². The zero-order valence-corrected chi connectivity index (χ0v) is 13.9. The van der Waals surface area contributed by atoms with Crippen LogP contribution in [-0.4, -0.2) is 24.8 Å². The van der Waals surface area contributed by atoms with Crippen LogP contribution >= 0.6 is 0 Å². The van der Waals surface area contributed by atoms with Gasteiger partial charge in [-0.05, 0) is 63.2 Å². The molecule has 1 rings (SSSR count). The average molecular weight is 280 g/mol. The van der Waals surface area contributed by atoms with Crippen molar-refractivity contribution in [3.05, 3.63) is 23.3 Å². The molecule has 20 heavy (non-hydrogen) atoms. The molecule has 1 unspecified atom stereocenters. The van der Waals surface area contributed by atoms with Gasteiger partial charge in [-0.15, -0.1) is 0 Å². The Balaban J connectivity index is 3.08. The van der Waals surface area contributed by atoms with Crippen LogP contribution in [0.15, 0.2) is 23.3 Å². The van der Waals surface area contributed by atoms with Gasteiger partial charge in [0.15, 0.2) is 11.6 Å². The summed E-state index contributed by atoms with van der Waals surface area (Å²) in [7, 11) is 1.66. The Kier molecular flexibility index (Phi) is 5.33. The molecular weight excluding hydrogens is 252 g/mol. The van der Waals surface area contributed by atoms with Gasteiger partial charge in [-0.25, -0.2) is 0 Å². The lowest BCUT2D eigenvalue weighted by atomic mass is 9.71. The van der Waals surface area contributed by atoms with Gasteiger partial charge in [0.05, 0.1) is 6.10 Å². The normalized spacial score (nSPS) is 23.4. The third-order valence-electron chi connectivity index (χ3n) is 4.07. The number of hydrogen-bond donors (Lipinski definition) is 0. The lowest BCUT2D eigenvalue weighted by molar-refractivity contribution is -0.218. The Hall–Kier alpha value is -0.930. The van der Waals surface area contributed by atoms with E-state index in [-0.39, 0.29) is 17.3 Å². The summed E-state index contributed by atoms with van der Waals surface area (Å²) >= 11 is 0. The third kappa shape index (κ3) is 4.29. The van der Waals surface area contributed by atoms with Crippen molar-refractivity contribution in [2.75, 3.05) is 7.11 Å². The molecule has 0 aromatic heterocycles. The summed E-state index contributed by atoms with van der Waals surface area (Å²) in [6.45, 7) is 11.9. The Labute approximate surface area is 123 Å². The van der Waals surface area contributed by atoms with E-state index in [0.717, 1.165) is 12.8 Å². The van der Waals surface area contributed by atoms with Crippen LogP contribution in [-0.2, 0) is 14.3 Å². The van der Waals surface area contributed by atoms with Gasteiger partial charge < -0.3 is 9.47 Å². The lowest BCUT2D eigenvalue weighted by Gasteiger charge is -2.40. The van der Waals surface area contributed by atoms with Crippen LogP contribution in [0.3, 0.4) is 0 Å². The van der Waals surface area contributed by atoms with Crippen molar-refractivity contribution < 1.29 is 14.3 Å². The molecule has 0 heterocycles. The van der Waals surface area contributed by atoms with Gasteiger partial charge in [-0.1, -0.05) is 19.9 Å². The number of ether oxygens (including phenoxy) is 2. The minimum Gasteiger partial charge on any atom is -0.354 e. The first-order valence-corrected chi connectivity index (χ1v) is 7.22. The number of carbonyl (C=O) groups excluding carboxylic acids is 1. The van der Waals surface area contributed by atoms with Crippen molar-refractivity contribution in [1.29, 1.82) is 0 Å². The van der Waals surface area contributed by atoms with E-state index in [9.17, 15) is 4.79 Å². The van der Waals surface area contributed by atoms with Gasteiger partial charge in [-0.3, -0.25) is 4.79 Å². The van der Waals surface area contributed by atoms with Crippen LogP contribution < -0.4 is 0 Å². The SMILES string of the molecule is COC(C)(C)OC1CCC(C)(C)C(/C=C/C(C)=O)=C1C. The third-order valence-corrected chi connectivity index (χ3v) is 4.07. The number of hydrogen-bond acceptors (Lipinski definition) is 3. The van der Waals surface area contributed by atoms with Crippen LogP contribution in [0.2, 0.25) is 0 Å². The van der Waals surface area contributed by atoms with Crippen molar-refractivity contribution in [1.82, 2.24) is 0 Å². The largest absolute Gasteiger partial charge is 0.354 e. The Morgan fingerprint density at radius 2 is 2.00 bits per heavy atom. The Morgan fingerprint density at radius 1 is 1.40 bits per heavy atom. The molecule has 1 aliphatic carbocycles. The summed E-state index contributed by atoms with van der Waals surface area (Å²) in [5.41, 5.74) is 2.48. The lowest BCUT2D eigenvalue weighted by Crippen LogP contribution is -2.37. The van der Waals surface area contributed by atoms with Crippen LogP contribution in [0.4, 0.5) is 0 Å². The minimum atomic E-state index is -0.594. The minimum absolute atomic E-state index is 0.0459. The Bertz CT molecular complexity index is 428. The van der Waals surface area contributed by atoms with Crippen LogP contribution in [0.5, 0.6) is 0 Å². The fourth-order valence-electron chi connectivity index (χ4n) is 2.65. The summed E-state index contributed by atoms with van der Waals surface area (Å²) in [6.07, 6.45) is 5.65. The first-order valence-electron chi connectivity index (χ1n) is 7.22. The molecule has 0 aromatic rings. The summed E-state index contributed by atoms with van der Waals surface area (Å²) < 4.78 is 11.4. The summed E-state index contributed by atoms with van der Waals surface area (Å²) in [5.74, 6) is -0.524. The fraction of sp³-hybridized carbons (Fsp3) is 0.706. The molecule has 0 aromatic carbocycles. The van der Waals surface area contributed by atoms with E-state index in [1.54, 1.807) is 20.1 Å². The zero-order valence-electron chi connectivity index (χ0n) is 13.9. The van der Waals surface area contributed by atoms with Gasteiger partial charge in [0.2, 0.25) is 0 Å². The molecule has 114 valence electrons. The average Bonchev–Trinajstić information content (AvgIpc) is 2.32. The fourth-order valence-corrected chi connectivity index (χ4v) is 2.65. The Morgan fingerprint density at radius 3 is 2.50 bits per heavy atom. The molecule has 1 atom stereocenters. The topological polar surface area (TPSA) is 35.5 Å². The first-order chi connectivity index (χ1) is 9.09. The maximum absolute atomic E-state index is 11.2. The van der Waals surface area contributed by atoms with Crippen molar-refractivity contribution in [3.63, 3.8) is 0 Å². The number of methoxy groups -OCH3 is 1. The van der Waals surface area contributed by atoms with Crippen LogP contribution in [0.25, 0.3) is 0 Å². The van der Waals surface area contributed by atoms with E-state index >= 15 is 0 Å². The molecule has 0 N–H and O–H groups in total. The summed E-state index contributed by atoms with van der Waals surface area (Å²) in [5, 5.41) is 0. The number of ketones is 1. The maximum atomic E-state index is 11.2. The second kappa shape index (κ2) is 6.23. The van der Waals surface area contributed by atoms with Gasteiger partial charge in [-0.2, -0.15) is 0 Å². The van der Waals surface area contributed by atoms with Crippen molar-refractivity contribution in [2.45, 2.75) is 66.3 Å². The quantitative estimate of drug-likeness (QED) is 0.563. The number of rotatable bonds is 5. The zero-order chi connectivity index (χ0) is 15.6. The van der Waals surface area contributed by atoms with E-state index < -0.39 is 5.79 Å². The standard InChI is InChI=1S/C17H28O3/c1-12(18)8-9-14-13(2)15(10-11-16(14,3)4)20-17(5,6)19-7/h8-9,15H,10-11H2,1-7H3/b9-8+. The van der Waals surface area contributed by atoms with E-state index in [0.29, 0.717) is 0 Å². The second-order valence-electron chi connectivity index (χ2n) is 6.67. The van der Waals surface area contributed by atoms with Crippen molar-refractivity contribution in [3.8, 4) is 0 Å². The molecule has 0 amide bonds. The first kappa shape index (κ1) is 17.1. The highest BCUT2D eigenvalue weighted by Gasteiger charge is 2.35. The van der Waals surface area contributed by atoms with Crippen LogP contribution in [0.1, 0.15) is 54.4 Å². The molecule has 0 fully saturated rings. The van der Waals surface area contributed by atoms with Gasteiger partial charge in [0, 0.05) is 7.11 Å². The van der Waals surface area contributed by atoms with Crippen LogP contribution in [0, 0.1) is 5.41 Å². The predicted molar refractivity (Wildman–Crippen MR) is 81.5 cm³/mol. The molecule has 0 aliphatic heterocycles. The number of allylic oxidation sites excluding steroid dienone is 3. The van der Waals surface area contributed by atoms with E-state index in [2.05, 4.69) is 20.8 Å². The summed E-state index contributed by atoms with van der Waals surface area (Å²) in [4.78, 5) is 11.2. The monoisotopic (exact) mass is 280 g/mol. The van der Waals surface area contributed by atoms with E-state index in [1.807, 2.05) is 19.9 Å². The number of carbonyl (C=O) groups is 1. The van der Waals surface area contributed by atoms with Gasteiger partial charge in [0.25, 0.3) is 0 Å². The maximum Gasteiger partial charge on any atom is 0.163 e. The van der Waals surface area contributed by atoms with Gasteiger partial charge >= 0.3 is 0 Å². The molecule has 1 aliphatic rings. The molecule has 0 saturated heterocycles. The highest BCUT2D eigenvalue weighted by molar-refractivity contribution is 5.87. The molecule has 0 radical (unpaired) electrons. The molecular formula is C17H28O3. The highest BCUT2D eigenvalue weighted by Crippen LogP contribution is 2.42. The molecule has 3 nitrogen and oxygen atoms in total. The van der Waals surface area contributed by atoms with E-state index in [1.165, 1.54) is 11.1 Å². The van der Waals surface area contributed by atoms with Crippen molar-refractivity contribution in [2.24, 2.45) is 5.41 Å². The smallest absolute Gasteiger partial charge is 0.163 e. The highest BCUT2D eigenvalue weighted by atomic mass is 16.7. The summed E-state index contributed by atoms with van der Waals surface area (Å²) in [6, 6.07) is 0. The predicted octanol–water partition coefficient (Wildman–Crippen LogP) is 4.04. The molecule has 0 spiro atoms.